The van der Waals surface area contributed by atoms with E-state index in [1.165, 1.54) is 41.3 Å². The maximum absolute atomic E-state index is 14.6. The van der Waals surface area contributed by atoms with Gasteiger partial charge in [-0.1, -0.05) is 78.9 Å². The number of non-ortho nitro benzene ring substituents is 1. The lowest BCUT2D eigenvalue weighted by Crippen LogP contribution is -2.39. The Labute approximate surface area is 316 Å². The smallest absolute Gasteiger partial charge is 0.330 e. The highest BCUT2D eigenvalue weighted by Gasteiger charge is 2.66. The first-order valence-electron chi connectivity index (χ1n) is 17.8. The molecule has 2 aliphatic carbocycles. The number of likely N-dealkylation sites (tertiary alicyclic amines) is 1. The Morgan fingerprint density at radius 1 is 0.836 bits per heavy atom. The topological polar surface area (TPSA) is 153 Å². The van der Waals surface area contributed by atoms with Crippen LogP contribution in [0.25, 0.3) is 11.6 Å². The van der Waals surface area contributed by atoms with Crippen molar-refractivity contribution in [3.63, 3.8) is 0 Å². The predicted octanol–water partition coefficient (Wildman–Crippen LogP) is 6.17. The first kappa shape index (κ1) is 35.2. The Morgan fingerprint density at radius 2 is 1.49 bits per heavy atom. The third kappa shape index (κ3) is 6.24. The zero-order valence-electron chi connectivity index (χ0n) is 29.3. The van der Waals surface area contributed by atoms with Crippen LogP contribution in [0.5, 0.6) is 0 Å². The molecule has 1 saturated carbocycles. The third-order valence-electron chi connectivity index (χ3n) is 10.6. The minimum absolute atomic E-state index is 0.0719. The zero-order valence-corrected chi connectivity index (χ0v) is 29.3. The number of pyridine rings is 2. The van der Waals surface area contributed by atoms with E-state index in [1.807, 2.05) is 84.9 Å². The van der Waals surface area contributed by atoms with Gasteiger partial charge in [0.1, 0.15) is 6.61 Å². The van der Waals surface area contributed by atoms with Gasteiger partial charge in [-0.2, -0.15) is 0 Å². The van der Waals surface area contributed by atoms with Gasteiger partial charge in [0.2, 0.25) is 11.8 Å². The summed E-state index contributed by atoms with van der Waals surface area (Å²) in [5.74, 6) is -4.33. The molecule has 11 heteroatoms. The Hall–Kier alpha value is -6.85. The number of esters is 1. The van der Waals surface area contributed by atoms with Crippen LogP contribution in [0, 0.1) is 33.8 Å². The Morgan fingerprint density at radius 3 is 2.15 bits per heavy atom. The summed E-state index contributed by atoms with van der Waals surface area (Å²) in [6.07, 6.45) is 7.92. The largest absolute Gasteiger partial charge is 0.461 e. The molecule has 8 rings (SSSR count). The van der Waals surface area contributed by atoms with Gasteiger partial charge in [0.15, 0.2) is 5.60 Å². The highest BCUT2D eigenvalue weighted by atomic mass is 16.6. The number of hydrogen-bond donors (Lipinski definition) is 1. The van der Waals surface area contributed by atoms with Gasteiger partial charge in [-0.25, -0.2) is 4.79 Å². The minimum Gasteiger partial charge on any atom is -0.461 e. The highest BCUT2D eigenvalue weighted by Crippen LogP contribution is 2.64. The summed E-state index contributed by atoms with van der Waals surface area (Å²) in [6, 6.07) is 35.6. The van der Waals surface area contributed by atoms with Crippen LogP contribution in [0.1, 0.15) is 28.1 Å². The average Bonchev–Trinajstić information content (AvgIpc) is 3.84. The normalized spacial score (nSPS) is 22.0. The predicted molar refractivity (Wildman–Crippen MR) is 202 cm³/mol. The lowest BCUT2D eigenvalue weighted by molar-refractivity contribution is -0.384. The van der Waals surface area contributed by atoms with Crippen molar-refractivity contribution in [1.29, 1.82) is 0 Å². The van der Waals surface area contributed by atoms with Crippen LogP contribution < -0.4 is 0 Å². The van der Waals surface area contributed by atoms with Gasteiger partial charge >= 0.3 is 5.97 Å². The number of allylic oxidation sites excluding steroid dienone is 2. The van der Waals surface area contributed by atoms with Crippen molar-refractivity contribution in [3.8, 4) is 0 Å². The molecule has 2 aromatic heterocycles. The number of benzene rings is 3. The second-order valence-corrected chi connectivity index (χ2v) is 13.6. The summed E-state index contributed by atoms with van der Waals surface area (Å²) in [7, 11) is 0. The third-order valence-corrected chi connectivity index (χ3v) is 10.6. The molecule has 3 aliphatic rings. The van der Waals surface area contributed by atoms with Crippen LogP contribution in [0.15, 0.2) is 157 Å². The molecule has 2 bridgehead atoms. The molecule has 3 aromatic carbocycles. The maximum atomic E-state index is 14.6. The number of amides is 2. The van der Waals surface area contributed by atoms with Gasteiger partial charge in [0, 0.05) is 48.0 Å². The summed E-state index contributed by atoms with van der Waals surface area (Å²) in [5.41, 5.74) is 3.45. The van der Waals surface area contributed by atoms with E-state index in [0.717, 1.165) is 16.7 Å². The monoisotopic (exact) mass is 730 g/mol. The van der Waals surface area contributed by atoms with E-state index in [9.17, 15) is 29.6 Å². The molecule has 0 spiro atoms. The van der Waals surface area contributed by atoms with Gasteiger partial charge in [0.05, 0.1) is 34.7 Å². The van der Waals surface area contributed by atoms with E-state index in [0.29, 0.717) is 28.1 Å². The number of carbonyl (C=O) groups excluding carboxylic acids is 3. The van der Waals surface area contributed by atoms with Gasteiger partial charge < -0.3 is 9.84 Å². The summed E-state index contributed by atoms with van der Waals surface area (Å²) >= 11 is 0. The second kappa shape index (κ2) is 14.5. The van der Waals surface area contributed by atoms with Crippen molar-refractivity contribution in [2.24, 2.45) is 23.7 Å². The lowest BCUT2D eigenvalue weighted by atomic mass is 9.71. The van der Waals surface area contributed by atoms with Crippen LogP contribution in [-0.2, 0) is 24.7 Å². The van der Waals surface area contributed by atoms with Crippen molar-refractivity contribution in [1.82, 2.24) is 14.9 Å². The number of rotatable bonds is 11. The molecule has 2 fully saturated rings. The van der Waals surface area contributed by atoms with Crippen molar-refractivity contribution < 1.29 is 29.2 Å². The zero-order chi connectivity index (χ0) is 38.1. The Kier molecular flexibility index (Phi) is 9.29. The molecule has 1 saturated heterocycles. The maximum Gasteiger partial charge on any atom is 0.330 e. The lowest BCUT2D eigenvalue weighted by Gasteiger charge is -2.36. The summed E-state index contributed by atoms with van der Waals surface area (Å²) < 4.78 is 5.38. The number of nitro benzene ring substituents is 1. The molecular weight excluding hydrogens is 697 g/mol. The molecule has 2 amide bonds. The molecule has 11 nitrogen and oxygen atoms in total. The van der Waals surface area contributed by atoms with E-state index < -0.39 is 46.1 Å². The van der Waals surface area contributed by atoms with E-state index in [4.69, 9.17) is 9.72 Å². The summed E-state index contributed by atoms with van der Waals surface area (Å²) in [4.78, 5) is 62.5. The van der Waals surface area contributed by atoms with Gasteiger partial charge in [-0.05, 0) is 70.3 Å². The number of imide groups is 1. The molecule has 5 aromatic rings. The summed E-state index contributed by atoms with van der Waals surface area (Å²) in [6.45, 7) is -0.381. The number of nitrogens with zero attached hydrogens (tertiary/aromatic N) is 4. The van der Waals surface area contributed by atoms with Crippen LogP contribution in [0.3, 0.4) is 0 Å². The number of nitro groups is 1. The van der Waals surface area contributed by atoms with Crippen LogP contribution in [0.2, 0.25) is 0 Å². The molecule has 1 unspecified atom stereocenters. The van der Waals surface area contributed by atoms with Gasteiger partial charge in [0.25, 0.3) is 5.69 Å². The average molecular weight is 731 g/mol. The van der Waals surface area contributed by atoms with Gasteiger partial charge in [-0.15, -0.1) is 0 Å². The summed E-state index contributed by atoms with van der Waals surface area (Å²) in [5, 5.41) is 24.0. The van der Waals surface area contributed by atoms with Crippen LogP contribution >= 0.6 is 0 Å². The highest BCUT2D eigenvalue weighted by molar-refractivity contribution is 6.08. The van der Waals surface area contributed by atoms with E-state index >= 15 is 0 Å². The number of carbonyl (C=O) groups is 3. The molecule has 1 aliphatic heterocycles. The Balaban J connectivity index is 1.15. The number of aromatic nitrogens is 2. The van der Waals surface area contributed by atoms with Crippen molar-refractivity contribution in [2.45, 2.75) is 5.60 Å². The second-order valence-electron chi connectivity index (χ2n) is 13.6. The van der Waals surface area contributed by atoms with E-state index in [2.05, 4.69) is 4.98 Å². The SMILES string of the molecule is O=C(/C=C/c1ccc([N+](=O)[O-])cc1)OCCN1C(=O)[C@@H]2[C@@H]3C(C(O)(c4ccccc4)c4ccccn4)=C[C@@H](C3=C(c3ccccc3)c3ccccn3)[C@@H]2C1=O. The number of hydrogen-bond acceptors (Lipinski definition) is 9. The molecule has 55 heavy (non-hydrogen) atoms. The van der Waals surface area contributed by atoms with E-state index in [1.54, 1.807) is 30.6 Å². The first-order chi connectivity index (χ1) is 26.8. The molecule has 3 heterocycles. The number of ether oxygens (including phenoxy) is 1. The fourth-order valence-corrected chi connectivity index (χ4v) is 8.29. The standard InChI is InChI=1S/C44H34N4O7/c49-36(22-19-28-17-20-31(21-18-28)48(53)54)55-26-25-47-42(50)39-32-27-33(44(52,30-13-5-2-6-14-30)35-16-8-10-24-46-35)40(41(39)43(47)51)38(32)37(29-11-3-1-4-12-29)34-15-7-9-23-45-34/h1-24,27,32,39-41,52H,25-26H2/b22-19+,38-37?/t32-,39-,40+,41-,44?/m0/s1. The van der Waals surface area contributed by atoms with Crippen LogP contribution in [0.4, 0.5) is 5.69 Å². The molecule has 0 radical (unpaired) electrons. The fourth-order valence-electron chi connectivity index (χ4n) is 8.29. The molecular formula is C44H34N4O7. The molecule has 1 N–H and O–H groups in total. The first-order valence-corrected chi connectivity index (χ1v) is 17.8. The van der Waals surface area contributed by atoms with Crippen LogP contribution in [-0.4, -0.2) is 55.8 Å². The number of fused-ring (bicyclic) bond motifs is 5. The minimum atomic E-state index is -1.74. The number of aliphatic hydroxyl groups is 1. The van der Waals surface area contributed by atoms with Crippen molar-refractivity contribution >= 4 is 35.1 Å². The molecule has 272 valence electrons. The Bertz CT molecular complexity index is 2280. The fraction of sp³-hybridized carbons (Fsp3) is 0.159. The van der Waals surface area contributed by atoms with E-state index in [-0.39, 0.29) is 24.7 Å². The molecule has 5 atom stereocenters. The van der Waals surface area contributed by atoms with Crippen molar-refractivity contribution in [2.75, 3.05) is 13.2 Å². The van der Waals surface area contributed by atoms with Crippen molar-refractivity contribution in [3.05, 3.63) is 195 Å². The quantitative estimate of drug-likeness (QED) is 0.0420. The van der Waals surface area contributed by atoms with Gasteiger partial charge in [-0.3, -0.25) is 34.6 Å².